The molecule has 3 nitrogen and oxygen atoms in total. The molecule has 2 aliphatic carbocycles. The zero-order valence-corrected chi connectivity index (χ0v) is 19.0. The van der Waals surface area contributed by atoms with Crippen molar-refractivity contribution in [3.8, 4) is 5.75 Å². The van der Waals surface area contributed by atoms with E-state index in [9.17, 15) is 4.79 Å². The molecule has 1 amide bonds. The van der Waals surface area contributed by atoms with Crippen LogP contribution in [0.3, 0.4) is 0 Å². The first-order valence-electron chi connectivity index (χ1n) is 12.3. The molecule has 1 aromatic rings. The minimum absolute atomic E-state index is 0.157. The summed E-state index contributed by atoms with van der Waals surface area (Å²) in [5.41, 5.74) is 1.53. The zero-order chi connectivity index (χ0) is 21.3. The molecule has 1 saturated heterocycles. The number of nitrogens with zero attached hydrogens (tertiary/aromatic N) is 1. The first-order valence-corrected chi connectivity index (χ1v) is 12.3. The number of rotatable bonds is 9. The maximum atomic E-state index is 15.1. The number of halogens is 1. The van der Waals surface area contributed by atoms with Gasteiger partial charge in [-0.05, 0) is 75.3 Å². The van der Waals surface area contributed by atoms with Gasteiger partial charge in [-0.1, -0.05) is 33.1 Å². The summed E-state index contributed by atoms with van der Waals surface area (Å²) < 4.78 is 21.5. The summed E-state index contributed by atoms with van der Waals surface area (Å²) in [6, 6.07) is 3.52. The summed E-state index contributed by atoms with van der Waals surface area (Å²) >= 11 is 0. The number of benzene rings is 1. The van der Waals surface area contributed by atoms with Crippen LogP contribution >= 0.6 is 0 Å². The summed E-state index contributed by atoms with van der Waals surface area (Å²) in [4.78, 5) is 14.8. The topological polar surface area (TPSA) is 29.5 Å². The van der Waals surface area contributed by atoms with Gasteiger partial charge in [-0.2, -0.15) is 0 Å². The molecule has 3 atom stereocenters. The van der Waals surface area contributed by atoms with E-state index in [0.717, 1.165) is 43.7 Å². The molecule has 3 unspecified atom stereocenters. The number of likely N-dealkylation sites (tertiary alicyclic amines) is 1. The number of ether oxygens (including phenoxy) is 1. The lowest BCUT2D eigenvalue weighted by molar-refractivity contribution is -0.0289. The molecule has 1 aliphatic heterocycles. The Balaban J connectivity index is 1.55. The van der Waals surface area contributed by atoms with Gasteiger partial charge in [-0.15, -0.1) is 0 Å². The monoisotopic (exact) mass is 415 g/mol. The van der Waals surface area contributed by atoms with E-state index in [2.05, 4.69) is 20.8 Å². The van der Waals surface area contributed by atoms with Crippen molar-refractivity contribution < 1.29 is 13.9 Å². The molecular formula is C26H38FNO2. The van der Waals surface area contributed by atoms with Crippen LogP contribution in [0.5, 0.6) is 5.75 Å². The van der Waals surface area contributed by atoms with Crippen molar-refractivity contribution in [1.82, 2.24) is 4.90 Å². The van der Waals surface area contributed by atoms with E-state index in [1.807, 2.05) is 11.0 Å². The van der Waals surface area contributed by atoms with E-state index in [1.165, 1.54) is 44.6 Å². The van der Waals surface area contributed by atoms with Crippen molar-refractivity contribution >= 4 is 5.91 Å². The number of hydrogen-bond donors (Lipinski definition) is 0. The number of carbonyl (C=O) groups excluding carboxylic acids is 1. The highest BCUT2D eigenvalue weighted by Crippen LogP contribution is 2.53. The van der Waals surface area contributed by atoms with E-state index in [1.54, 1.807) is 0 Å². The molecule has 30 heavy (non-hydrogen) atoms. The Hall–Kier alpha value is -1.58. The zero-order valence-electron chi connectivity index (χ0n) is 19.0. The molecule has 4 heteroatoms. The van der Waals surface area contributed by atoms with Crippen molar-refractivity contribution in [2.24, 2.45) is 11.3 Å². The third-order valence-electron chi connectivity index (χ3n) is 8.05. The Morgan fingerprint density at radius 2 is 2.03 bits per heavy atom. The van der Waals surface area contributed by atoms with Gasteiger partial charge in [-0.25, -0.2) is 4.39 Å². The van der Waals surface area contributed by atoms with Crippen LogP contribution in [0, 0.1) is 17.2 Å². The molecule has 3 fully saturated rings. The van der Waals surface area contributed by atoms with E-state index in [0.29, 0.717) is 18.3 Å². The molecule has 1 aromatic carbocycles. The minimum atomic E-state index is -0.429. The van der Waals surface area contributed by atoms with E-state index >= 15 is 4.39 Å². The van der Waals surface area contributed by atoms with E-state index in [4.69, 9.17) is 4.74 Å². The molecule has 1 heterocycles. The Bertz CT molecular complexity index is 773. The van der Waals surface area contributed by atoms with Crippen LogP contribution in [0.15, 0.2) is 12.1 Å². The lowest BCUT2D eigenvalue weighted by atomic mass is 9.57. The predicted molar refractivity (Wildman–Crippen MR) is 119 cm³/mol. The average Bonchev–Trinajstić information content (AvgIpc) is 3.47. The summed E-state index contributed by atoms with van der Waals surface area (Å²) in [7, 11) is 0. The first kappa shape index (κ1) is 21.6. The molecule has 4 rings (SSSR count). The highest BCUT2D eigenvalue weighted by molar-refractivity contribution is 5.95. The van der Waals surface area contributed by atoms with Gasteiger partial charge in [0.15, 0.2) is 0 Å². The predicted octanol–water partition coefficient (Wildman–Crippen LogP) is 6.70. The molecule has 0 spiro atoms. The standard InChI is InChI=1S/C26H38FNO2/c1-4-6-12-26(13-11-20(26)5-2)17-30-24-16-23(27)22(15-21(24)19-9-10-19)25(29)28-14-7-8-18(28)3/h15-16,18-20H,4-14,17H2,1-3H3. The van der Waals surface area contributed by atoms with Crippen LogP contribution in [0.2, 0.25) is 0 Å². The molecule has 3 aliphatic rings. The Labute approximate surface area is 181 Å². The molecular weight excluding hydrogens is 377 g/mol. The molecule has 0 bridgehead atoms. The average molecular weight is 416 g/mol. The minimum Gasteiger partial charge on any atom is -0.493 e. The van der Waals surface area contributed by atoms with Crippen LogP contribution in [0.4, 0.5) is 4.39 Å². The van der Waals surface area contributed by atoms with Crippen molar-refractivity contribution in [2.75, 3.05) is 13.2 Å². The van der Waals surface area contributed by atoms with Gasteiger partial charge in [-0.3, -0.25) is 4.79 Å². The van der Waals surface area contributed by atoms with E-state index < -0.39 is 5.82 Å². The van der Waals surface area contributed by atoms with Gasteiger partial charge in [0.1, 0.15) is 11.6 Å². The van der Waals surface area contributed by atoms with Crippen molar-refractivity contribution in [1.29, 1.82) is 0 Å². The van der Waals surface area contributed by atoms with Crippen LogP contribution in [0.1, 0.15) is 107 Å². The first-order chi connectivity index (χ1) is 14.5. The van der Waals surface area contributed by atoms with Gasteiger partial charge in [0.2, 0.25) is 0 Å². The van der Waals surface area contributed by atoms with Gasteiger partial charge in [0.05, 0.1) is 12.2 Å². The number of unbranched alkanes of at least 4 members (excludes halogenated alkanes) is 1. The van der Waals surface area contributed by atoms with E-state index in [-0.39, 0.29) is 22.9 Å². The fourth-order valence-electron chi connectivity index (χ4n) is 5.70. The summed E-state index contributed by atoms with van der Waals surface area (Å²) in [5.74, 6) is 1.23. The molecule has 0 aromatic heterocycles. The second-order valence-electron chi connectivity index (χ2n) is 10.0. The van der Waals surface area contributed by atoms with Crippen molar-refractivity contribution in [2.45, 2.75) is 96.9 Å². The summed E-state index contributed by atoms with van der Waals surface area (Å²) in [6.07, 6.45) is 11.5. The largest absolute Gasteiger partial charge is 0.493 e. The number of amides is 1. The molecule has 2 saturated carbocycles. The highest BCUT2D eigenvalue weighted by atomic mass is 19.1. The third-order valence-corrected chi connectivity index (χ3v) is 8.05. The number of carbonyl (C=O) groups is 1. The maximum absolute atomic E-state index is 15.1. The lowest BCUT2D eigenvalue weighted by Crippen LogP contribution is -2.44. The van der Waals surface area contributed by atoms with Gasteiger partial charge in [0.25, 0.3) is 5.91 Å². The quantitative estimate of drug-likeness (QED) is 0.449. The smallest absolute Gasteiger partial charge is 0.257 e. The van der Waals surface area contributed by atoms with Crippen molar-refractivity contribution in [3.05, 3.63) is 29.1 Å². The second-order valence-corrected chi connectivity index (χ2v) is 10.0. The molecule has 0 N–H and O–H groups in total. The van der Waals surface area contributed by atoms with Gasteiger partial charge in [0, 0.05) is 24.1 Å². The Morgan fingerprint density at radius 3 is 2.60 bits per heavy atom. The Kier molecular flexibility index (Phi) is 6.41. The summed E-state index contributed by atoms with van der Waals surface area (Å²) in [5, 5.41) is 0. The second kappa shape index (κ2) is 8.88. The highest BCUT2D eigenvalue weighted by Gasteiger charge is 2.46. The fraction of sp³-hybridized carbons (Fsp3) is 0.731. The molecule has 0 radical (unpaired) electrons. The van der Waals surface area contributed by atoms with Crippen LogP contribution in [-0.4, -0.2) is 30.0 Å². The molecule has 166 valence electrons. The van der Waals surface area contributed by atoms with Crippen molar-refractivity contribution in [3.63, 3.8) is 0 Å². The van der Waals surface area contributed by atoms with Gasteiger partial charge >= 0.3 is 0 Å². The normalized spacial score (nSPS) is 28.5. The number of hydrogen-bond acceptors (Lipinski definition) is 2. The lowest BCUT2D eigenvalue weighted by Gasteiger charge is -2.49. The fourth-order valence-corrected chi connectivity index (χ4v) is 5.70. The summed E-state index contributed by atoms with van der Waals surface area (Å²) in [6.45, 7) is 7.99. The third kappa shape index (κ3) is 4.11. The van der Waals surface area contributed by atoms with Crippen LogP contribution in [-0.2, 0) is 0 Å². The maximum Gasteiger partial charge on any atom is 0.257 e. The van der Waals surface area contributed by atoms with Gasteiger partial charge < -0.3 is 9.64 Å². The Morgan fingerprint density at radius 1 is 1.23 bits per heavy atom. The SMILES string of the molecule is CCCCC1(COc2cc(F)c(C(=O)N3CCCC3C)cc2C2CC2)CCC1CC. The van der Waals surface area contributed by atoms with Crippen LogP contribution in [0.25, 0.3) is 0 Å². The van der Waals surface area contributed by atoms with Crippen LogP contribution < -0.4 is 4.74 Å².